The van der Waals surface area contributed by atoms with Crippen LogP contribution < -0.4 is 19.3 Å². The molecule has 6 rings (SSSR count). The van der Waals surface area contributed by atoms with Gasteiger partial charge in [-0.3, -0.25) is 4.79 Å². The molecule has 2 saturated carbocycles. The summed E-state index contributed by atoms with van der Waals surface area (Å²) >= 11 is 6.54. The quantitative estimate of drug-likeness (QED) is 0.545. The predicted octanol–water partition coefficient (Wildman–Crippen LogP) is 3.10. The molecule has 0 unspecified atom stereocenters. The van der Waals surface area contributed by atoms with Gasteiger partial charge >= 0.3 is 0 Å². The molecule has 2 aromatic rings. The van der Waals surface area contributed by atoms with Crippen LogP contribution in [0.5, 0.6) is 5.75 Å². The fourth-order valence-electron chi connectivity index (χ4n) is 5.38. The van der Waals surface area contributed by atoms with E-state index in [2.05, 4.69) is 14.6 Å². The maximum absolute atomic E-state index is 13.3. The van der Waals surface area contributed by atoms with Gasteiger partial charge in [-0.1, -0.05) is 23.7 Å². The topological polar surface area (TPSA) is 112 Å². The Morgan fingerprint density at radius 1 is 1.03 bits per heavy atom. The van der Waals surface area contributed by atoms with Crippen molar-refractivity contribution in [2.45, 2.75) is 61.7 Å². The zero-order valence-electron chi connectivity index (χ0n) is 20.5. The van der Waals surface area contributed by atoms with Crippen molar-refractivity contribution in [1.82, 2.24) is 9.71 Å². The van der Waals surface area contributed by atoms with E-state index in [1.165, 1.54) is 18.9 Å². The number of carbonyl (C=O) groups excluding carboxylic acids is 1. The number of nitrogens with zero attached hydrogens (tertiary/aromatic N) is 3. The highest BCUT2D eigenvalue weighted by molar-refractivity contribution is 7.90. The molecule has 2 aliphatic carbocycles. The monoisotopic (exact) mass is 546 g/mol. The molecule has 3 heterocycles. The van der Waals surface area contributed by atoms with Crippen LogP contribution in [0, 0.1) is 5.41 Å². The highest BCUT2D eigenvalue weighted by atomic mass is 35.5. The van der Waals surface area contributed by atoms with Gasteiger partial charge in [-0.25, -0.2) is 9.71 Å². The zero-order chi connectivity index (χ0) is 25.8. The number of halogens is 1. The molecule has 198 valence electrons. The van der Waals surface area contributed by atoms with Gasteiger partial charge in [0.25, 0.3) is 15.9 Å². The second kappa shape index (κ2) is 9.03. The molecule has 4 fully saturated rings. The molecule has 0 bridgehead atoms. The van der Waals surface area contributed by atoms with Gasteiger partial charge in [0.15, 0.2) is 16.4 Å². The molecule has 2 N–H and O–H groups in total. The van der Waals surface area contributed by atoms with E-state index in [9.17, 15) is 18.3 Å². The number of aliphatic hydroxyl groups is 1. The minimum atomic E-state index is -4.23. The molecule has 2 saturated heterocycles. The lowest BCUT2D eigenvalue weighted by atomic mass is 9.93. The Bertz CT molecular complexity index is 1320. The number of pyridine rings is 1. The first-order valence-electron chi connectivity index (χ1n) is 12.9. The summed E-state index contributed by atoms with van der Waals surface area (Å²) in [5.74, 6) is 0.144. The van der Waals surface area contributed by atoms with E-state index in [1.54, 1.807) is 18.2 Å². The van der Waals surface area contributed by atoms with Crippen molar-refractivity contribution in [3.05, 3.63) is 41.4 Å². The largest absolute Gasteiger partial charge is 0.474 e. The second-order valence-corrected chi connectivity index (χ2v) is 12.9. The van der Waals surface area contributed by atoms with Crippen LogP contribution in [0.1, 0.15) is 44.9 Å². The number of piperidine rings is 1. The number of benzene rings is 1. The highest BCUT2D eigenvalue weighted by Gasteiger charge is 2.55. The summed E-state index contributed by atoms with van der Waals surface area (Å²) in [4.78, 5) is 21.6. The number of hydrogen-bond acceptors (Lipinski definition) is 8. The van der Waals surface area contributed by atoms with Gasteiger partial charge in [0.05, 0.1) is 16.8 Å². The number of hydrogen-bond donors (Lipinski definition) is 2. The third kappa shape index (κ3) is 4.86. The number of para-hydroxylation sites is 1. The fourth-order valence-corrected chi connectivity index (χ4v) is 6.59. The fraction of sp³-hybridized carbons (Fsp3) is 0.538. The lowest BCUT2D eigenvalue weighted by Gasteiger charge is -2.35. The molecule has 1 atom stereocenters. The highest BCUT2D eigenvalue weighted by Crippen LogP contribution is 2.55. The van der Waals surface area contributed by atoms with Crippen LogP contribution in [-0.2, 0) is 14.8 Å². The van der Waals surface area contributed by atoms with Gasteiger partial charge in [-0.2, -0.15) is 8.42 Å². The summed E-state index contributed by atoms with van der Waals surface area (Å²) in [7, 11) is -4.23. The molecule has 1 spiro atoms. The van der Waals surface area contributed by atoms with Crippen LogP contribution in [0.15, 0.2) is 41.4 Å². The molecule has 4 aliphatic rings. The average molecular weight is 547 g/mol. The number of amides is 1. The Morgan fingerprint density at radius 2 is 1.76 bits per heavy atom. The molecule has 37 heavy (non-hydrogen) atoms. The van der Waals surface area contributed by atoms with Crippen LogP contribution in [0.4, 0.5) is 11.5 Å². The van der Waals surface area contributed by atoms with Crippen molar-refractivity contribution in [1.29, 1.82) is 0 Å². The first kappa shape index (κ1) is 24.8. The summed E-state index contributed by atoms with van der Waals surface area (Å²) in [6.45, 7) is 2.78. The Kier molecular flexibility index (Phi) is 6.04. The number of ether oxygens (including phenoxy) is 1. The van der Waals surface area contributed by atoms with E-state index in [1.807, 2.05) is 17.0 Å². The van der Waals surface area contributed by atoms with Gasteiger partial charge in [0, 0.05) is 39.0 Å². The molecule has 11 heteroatoms. The van der Waals surface area contributed by atoms with Crippen molar-refractivity contribution in [2.24, 2.45) is 5.41 Å². The number of aromatic nitrogens is 1. The average Bonchev–Trinajstić information content (AvgIpc) is 3.79. The van der Waals surface area contributed by atoms with Crippen molar-refractivity contribution in [3.63, 3.8) is 0 Å². The Balaban J connectivity index is 1.18. The van der Waals surface area contributed by atoms with Crippen LogP contribution in [-0.4, -0.2) is 62.3 Å². The summed E-state index contributed by atoms with van der Waals surface area (Å²) in [5, 5.41) is 9.95. The van der Waals surface area contributed by atoms with Gasteiger partial charge in [0.1, 0.15) is 5.82 Å². The Labute approximate surface area is 221 Å². The molecule has 2 aliphatic heterocycles. The smallest absolute Gasteiger partial charge is 0.281 e. The van der Waals surface area contributed by atoms with Gasteiger partial charge < -0.3 is 19.6 Å². The molecule has 1 aromatic heterocycles. The molecule has 9 nitrogen and oxygen atoms in total. The molecule has 1 aromatic carbocycles. The van der Waals surface area contributed by atoms with Crippen LogP contribution in [0.25, 0.3) is 0 Å². The lowest BCUT2D eigenvalue weighted by Crippen LogP contribution is -2.44. The third-order valence-electron chi connectivity index (χ3n) is 8.18. The first-order valence-corrected chi connectivity index (χ1v) is 14.7. The normalized spacial score (nSPS) is 23.7. The summed E-state index contributed by atoms with van der Waals surface area (Å²) in [5.41, 5.74) is 0.0611. The van der Waals surface area contributed by atoms with E-state index in [0.717, 1.165) is 31.6 Å². The summed E-state index contributed by atoms with van der Waals surface area (Å²) < 4.78 is 34.6. The number of aliphatic hydroxyl groups excluding tert-OH is 1. The van der Waals surface area contributed by atoms with Crippen LogP contribution >= 0.6 is 11.6 Å². The molecular weight excluding hydrogens is 516 g/mol. The number of rotatable bonds is 7. The number of β-amino-alcohol motifs (C(OH)–C–C–N with tert-alkyl or cyclic N) is 1. The number of carbonyl (C=O) groups is 1. The van der Waals surface area contributed by atoms with Crippen LogP contribution in [0.2, 0.25) is 5.02 Å². The minimum Gasteiger partial charge on any atom is -0.474 e. The second-order valence-electron chi connectivity index (χ2n) is 10.8. The zero-order valence-corrected chi connectivity index (χ0v) is 22.1. The van der Waals surface area contributed by atoms with Gasteiger partial charge in [-0.15, -0.1) is 0 Å². The van der Waals surface area contributed by atoms with E-state index < -0.39 is 27.6 Å². The van der Waals surface area contributed by atoms with Crippen molar-refractivity contribution in [3.8, 4) is 5.75 Å². The van der Waals surface area contributed by atoms with E-state index in [0.29, 0.717) is 54.4 Å². The first-order chi connectivity index (χ1) is 17.7. The predicted molar refractivity (Wildman–Crippen MR) is 140 cm³/mol. The SMILES string of the molecule is O=C(NS(=O)(=O)c1cccc(N2CC[C@H](O)C2)n1)C1(Oc2c(Cl)cccc2N2CCC3(CC2)CC3)CC1. The summed E-state index contributed by atoms with van der Waals surface area (Å²) in [6, 6.07) is 10.2. The van der Waals surface area contributed by atoms with Gasteiger partial charge in [-0.05, 0) is 61.8 Å². The molecule has 0 radical (unpaired) electrons. The number of anilines is 2. The minimum absolute atomic E-state index is 0.253. The molecular formula is C26H31ClN4O5S. The maximum Gasteiger partial charge on any atom is 0.281 e. The lowest BCUT2D eigenvalue weighted by molar-refractivity contribution is -0.127. The standard InChI is InChI=1S/C26H31ClN4O5S/c27-19-3-1-4-20(30-15-12-25(8-9-25)13-16-30)23(19)36-26(10-11-26)24(33)29-37(34,35)22-6-2-5-21(28-22)31-14-7-18(32)17-31/h1-6,18,32H,7-17H2,(H,29,33)/t18-/m0/s1. The molecule has 1 amide bonds. The number of sulfonamides is 1. The Morgan fingerprint density at radius 3 is 2.41 bits per heavy atom. The van der Waals surface area contributed by atoms with Gasteiger partial charge in [0.2, 0.25) is 0 Å². The van der Waals surface area contributed by atoms with Crippen molar-refractivity contribution in [2.75, 3.05) is 36.0 Å². The van der Waals surface area contributed by atoms with Crippen molar-refractivity contribution >= 4 is 39.0 Å². The summed E-state index contributed by atoms with van der Waals surface area (Å²) in [6.07, 6.45) is 5.77. The maximum atomic E-state index is 13.3. The number of nitrogens with one attached hydrogen (secondary N) is 1. The van der Waals surface area contributed by atoms with E-state index in [4.69, 9.17) is 16.3 Å². The third-order valence-corrected chi connectivity index (χ3v) is 9.71. The Hall–Kier alpha value is -2.56. The van der Waals surface area contributed by atoms with E-state index >= 15 is 0 Å². The van der Waals surface area contributed by atoms with Crippen LogP contribution in [0.3, 0.4) is 0 Å². The van der Waals surface area contributed by atoms with E-state index in [-0.39, 0.29) is 5.03 Å². The van der Waals surface area contributed by atoms with Crippen molar-refractivity contribution < 1.29 is 23.1 Å².